The lowest BCUT2D eigenvalue weighted by Crippen LogP contribution is -2.34. The Morgan fingerprint density at radius 2 is 1.38 bits per heavy atom. The van der Waals surface area contributed by atoms with E-state index in [0.29, 0.717) is 11.8 Å². The first-order valence-electron chi connectivity index (χ1n) is 13.5. The highest BCUT2D eigenvalue weighted by Crippen LogP contribution is 2.40. The SMILES string of the molecule is CC(C)c1ccc(COC(=O)c2ccccc2O)cc1.CC1CC(OC(=O)c2ccccc2O)CC(C)(C)C1. The molecule has 1 saturated carbocycles. The minimum Gasteiger partial charge on any atom is -0.507 e. The van der Waals surface area contributed by atoms with Gasteiger partial charge in [-0.2, -0.15) is 0 Å². The molecule has 0 heterocycles. The summed E-state index contributed by atoms with van der Waals surface area (Å²) in [6.45, 7) is 11.1. The molecule has 0 bridgehead atoms. The highest BCUT2D eigenvalue weighted by atomic mass is 16.5. The summed E-state index contributed by atoms with van der Waals surface area (Å²) in [5.41, 5.74) is 2.82. The number of rotatable bonds is 6. The molecule has 3 aromatic rings. The molecule has 4 rings (SSSR count). The zero-order chi connectivity index (χ0) is 28.6. The Bertz CT molecular complexity index is 1250. The van der Waals surface area contributed by atoms with Crippen LogP contribution in [0.15, 0.2) is 72.8 Å². The summed E-state index contributed by atoms with van der Waals surface area (Å²) in [7, 11) is 0. The molecule has 6 nitrogen and oxygen atoms in total. The first kappa shape index (κ1) is 29.8. The van der Waals surface area contributed by atoms with E-state index in [1.807, 2.05) is 24.3 Å². The number of phenols is 2. The molecule has 208 valence electrons. The third-order valence-electron chi connectivity index (χ3n) is 6.88. The Morgan fingerprint density at radius 3 is 1.90 bits per heavy atom. The van der Waals surface area contributed by atoms with Gasteiger partial charge >= 0.3 is 11.9 Å². The number of para-hydroxylation sites is 2. The Morgan fingerprint density at radius 1 is 0.846 bits per heavy atom. The molecule has 1 aliphatic carbocycles. The van der Waals surface area contributed by atoms with Crippen molar-refractivity contribution in [2.75, 3.05) is 0 Å². The van der Waals surface area contributed by atoms with Crippen LogP contribution in [0.2, 0.25) is 0 Å². The second-order valence-corrected chi connectivity index (χ2v) is 11.4. The zero-order valence-electron chi connectivity index (χ0n) is 23.5. The molecule has 6 heteroatoms. The largest absolute Gasteiger partial charge is 0.507 e. The summed E-state index contributed by atoms with van der Waals surface area (Å²) < 4.78 is 10.8. The molecule has 0 radical (unpaired) electrons. The van der Waals surface area contributed by atoms with E-state index < -0.39 is 11.9 Å². The fourth-order valence-electron chi connectivity index (χ4n) is 5.08. The lowest BCUT2D eigenvalue weighted by Gasteiger charge is -2.38. The van der Waals surface area contributed by atoms with E-state index in [-0.39, 0.29) is 40.8 Å². The fourth-order valence-corrected chi connectivity index (χ4v) is 5.08. The van der Waals surface area contributed by atoms with Gasteiger partial charge in [-0.3, -0.25) is 0 Å². The first-order valence-corrected chi connectivity index (χ1v) is 13.5. The van der Waals surface area contributed by atoms with Crippen LogP contribution in [0.25, 0.3) is 0 Å². The van der Waals surface area contributed by atoms with Gasteiger partial charge in [-0.25, -0.2) is 9.59 Å². The molecule has 2 atom stereocenters. The van der Waals surface area contributed by atoms with E-state index in [1.165, 1.54) is 17.7 Å². The predicted octanol–water partition coefficient (Wildman–Crippen LogP) is 7.64. The number of carbonyl (C=O) groups excluding carboxylic acids is 2. The average molecular weight is 533 g/mol. The van der Waals surface area contributed by atoms with Crippen LogP contribution >= 0.6 is 0 Å². The Labute approximate surface area is 231 Å². The van der Waals surface area contributed by atoms with Gasteiger partial charge in [-0.05, 0) is 71.9 Å². The molecule has 2 unspecified atom stereocenters. The van der Waals surface area contributed by atoms with Crippen molar-refractivity contribution in [3.8, 4) is 11.5 Å². The molecule has 0 aliphatic heterocycles. The van der Waals surface area contributed by atoms with Crippen LogP contribution in [0.4, 0.5) is 0 Å². The lowest BCUT2D eigenvalue weighted by molar-refractivity contribution is -0.00736. The average Bonchev–Trinajstić information content (AvgIpc) is 2.87. The number of carbonyl (C=O) groups is 2. The van der Waals surface area contributed by atoms with Gasteiger partial charge in [-0.1, -0.05) is 83.1 Å². The Hall–Kier alpha value is -3.80. The van der Waals surface area contributed by atoms with Gasteiger partial charge < -0.3 is 19.7 Å². The van der Waals surface area contributed by atoms with Crippen molar-refractivity contribution in [3.05, 3.63) is 95.1 Å². The van der Waals surface area contributed by atoms with E-state index in [4.69, 9.17) is 9.47 Å². The molecule has 1 fully saturated rings. The molecule has 0 spiro atoms. The van der Waals surface area contributed by atoms with Crippen LogP contribution in [-0.2, 0) is 16.1 Å². The number of benzene rings is 3. The summed E-state index contributed by atoms with van der Waals surface area (Å²) in [6, 6.07) is 20.8. The maximum Gasteiger partial charge on any atom is 0.342 e. The van der Waals surface area contributed by atoms with Gasteiger partial charge in [0.15, 0.2) is 0 Å². The van der Waals surface area contributed by atoms with Crippen molar-refractivity contribution in [2.45, 2.75) is 72.5 Å². The minimum absolute atomic E-state index is 0.0179. The highest BCUT2D eigenvalue weighted by molar-refractivity contribution is 5.92. The molecule has 3 aromatic carbocycles. The number of hydrogen-bond acceptors (Lipinski definition) is 6. The number of ether oxygens (including phenoxy) is 2. The standard InChI is InChI=1S/C17H18O3.C16H22O3/c1-12(2)14-9-7-13(8-10-14)11-20-17(19)15-5-3-4-6-16(15)18;1-11-8-12(10-16(2,3)9-11)19-15(18)13-6-4-5-7-14(13)17/h3-10,12,18H,11H2,1-2H3;4-7,11-12,17H,8-10H2,1-3H3. The van der Waals surface area contributed by atoms with Crippen molar-refractivity contribution in [2.24, 2.45) is 11.3 Å². The Kier molecular flexibility index (Phi) is 10.2. The molecule has 0 saturated heterocycles. The molecule has 39 heavy (non-hydrogen) atoms. The number of phenolic OH excluding ortho intramolecular Hbond substituents is 2. The summed E-state index contributed by atoms with van der Waals surface area (Å²) in [4.78, 5) is 23.9. The van der Waals surface area contributed by atoms with E-state index in [2.05, 4.69) is 34.6 Å². The minimum atomic E-state index is -0.518. The van der Waals surface area contributed by atoms with E-state index >= 15 is 0 Å². The first-order chi connectivity index (χ1) is 18.4. The molecular weight excluding hydrogens is 492 g/mol. The topological polar surface area (TPSA) is 93.1 Å². The van der Waals surface area contributed by atoms with Crippen molar-refractivity contribution in [1.82, 2.24) is 0 Å². The molecule has 1 aliphatic rings. The lowest BCUT2D eigenvalue weighted by atomic mass is 9.71. The monoisotopic (exact) mass is 532 g/mol. The molecule has 2 N–H and O–H groups in total. The predicted molar refractivity (Wildman–Crippen MR) is 152 cm³/mol. The smallest absolute Gasteiger partial charge is 0.342 e. The Balaban J connectivity index is 0.000000216. The number of hydrogen-bond donors (Lipinski definition) is 2. The summed E-state index contributed by atoms with van der Waals surface area (Å²) >= 11 is 0. The molecular formula is C33H40O6. The fraction of sp³-hybridized carbons (Fsp3) is 0.394. The quantitative estimate of drug-likeness (QED) is 0.317. The normalized spacial score (nSPS) is 18.0. The van der Waals surface area contributed by atoms with Crippen molar-refractivity contribution < 1.29 is 29.3 Å². The van der Waals surface area contributed by atoms with Crippen molar-refractivity contribution >= 4 is 11.9 Å². The summed E-state index contributed by atoms with van der Waals surface area (Å²) in [5.74, 6) is 0.0195. The van der Waals surface area contributed by atoms with Crippen LogP contribution < -0.4 is 0 Å². The number of esters is 2. The third-order valence-corrected chi connectivity index (χ3v) is 6.88. The van der Waals surface area contributed by atoms with Gasteiger partial charge in [0.25, 0.3) is 0 Å². The van der Waals surface area contributed by atoms with Gasteiger partial charge in [0.1, 0.15) is 35.3 Å². The third kappa shape index (κ3) is 8.88. The van der Waals surface area contributed by atoms with E-state index in [9.17, 15) is 19.8 Å². The van der Waals surface area contributed by atoms with Crippen LogP contribution in [0.1, 0.15) is 91.6 Å². The van der Waals surface area contributed by atoms with Crippen LogP contribution in [0.3, 0.4) is 0 Å². The van der Waals surface area contributed by atoms with E-state index in [1.54, 1.807) is 36.4 Å². The molecule has 0 amide bonds. The van der Waals surface area contributed by atoms with Crippen molar-refractivity contribution in [3.63, 3.8) is 0 Å². The molecule has 0 aromatic heterocycles. The van der Waals surface area contributed by atoms with Gasteiger partial charge in [0, 0.05) is 0 Å². The van der Waals surface area contributed by atoms with Gasteiger partial charge in [-0.15, -0.1) is 0 Å². The van der Waals surface area contributed by atoms with E-state index in [0.717, 1.165) is 24.8 Å². The van der Waals surface area contributed by atoms with Crippen LogP contribution in [0.5, 0.6) is 11.5 Å². The van der Waals surface area contributed by atoms with Gasteiger partial charge in [0.05, 0.1) is 0 Å². The second-order valence-electron chi connectivity index (χ2n) is 11.4. The van der Waals surface area contributed by atoms with Crippen LogP contribution in [0, 0.1) is 11.3 Å². The maximum atomic E-state index is 12.1. The second kappa shape index (κ2) is 13.3. The van der Waals surface area contributed by atoms with Crippen molar-refractivity contribution in [1.29, 1.82) is 0 Å². The van der Waals surface area contributed by atoms with Gasteiger partial charge in [0.2, 0.25) is 0 Å². The maximum absolute atomic E-state index is 12.1. The number of aromatic hydroxyl groups is 2. The zero-order valence-corrected chi connectivity index (χ0v) is 23.5. The summed E-state index contributed by atoms with van der Waals surface area (Å²) in [5, 5.41) is 19.2. The highest BCUT2D eigenvalue weighted by Gasteiger charge is 2.34. The van der Waals surface area contributed by atoms with Crippen LogP contribution in [-0.4, -0.2) is 28.3 Å². The summed E-state index contributed by atoms with van der Waals surface area (Å²) in [6.07, 6.45) is 2.91.